The summed E-state index contributed by atoms with van der Waals surface area (Å²) in [5.74, 6) is -0.894. The zero-order valence-corrected chi connectivity index (χ0v) is 11.2. The Labute approximate surface area is 117 Å². The fourth-order valence-corrected chi connectivity index (χ4v) is 2.35. The van der Waals surface area contributed by atoms with Crippen LogP contribution in [-0.2, 0) is 6.54 Å². The minimum atomic E-state index is -0.894. The van der Waals surface area contributed by atoms with Crippen LogP contribution in [0.15, 0.2) is 54.7 Å². The largest absolute Gasteiger partial charge is 0.478 e. The number of carbonyl (C=O) groups is 1. The van der Waals surface area contributed by atoms with Gasteiger partial charge in [-0.3, -0.25) is 0 Å². The molecule has 0 unspecified atom stereocenters. The molecule has 0 amide bonds. The molecule has 3 nitrogen and oxygen atoms in total. The first-order valence-electron chi connectivity index (χ1n) is 6.51. The summed E-state index contributed by atoms with van der Waals surface area (Å²) in [6, 6.07) is 15.6. The Hall–Kier alpha value is -2.55. The van der Waals surface area contributed by atoms with Crippen LogP contribution in [0.5, 0.6) is 0 Å². The van der Waals surface area contributed by atoms with Gasteiger partial charge >= 0.3 is 5.97 Å². The van der Waals surface area contributed by atoms with Gasteiger partial charge in [-0.15, -0.1) is 0 Å². The molecule has 0 atom stereocenters. The van der Waals surface area contributed by atoms with E-state index in [2.05, 4.69) is 35.8 Å². The van der Waals surface area contributed by atoms with Gasteiger partial charge in [0.25, 0.3) is 0 Å². The van der Waals surface area contributed by atoms with Gasteiger partial charge in [-0.25, -0.2) is 4.79 Å². The average Bonchev–Trinajstić information content (AvgIpc) is 2.84. The van der Waals surface area contributed by atoms with E-state index in [4.69, 9.17) is 5.11 Å². The zero-order chi connectivity index (χ0) is 14.1. The third-order valence-corrected chi connectivity index (χ3v) is 3.49. The van der Waals surface area contributed by atoms with Crippen molar-refractivity contribution in [3.63, 3.8) is 0 Å². The van der Waals surface area contributed by atoms with Crippen molar-refractivity contribution in [1.82, 2.24) is 4.57 Å². The lowest BCUT2D eigenvalue weighted by Gasteiger charge is -2.07. The van der Waals surface area contributed by atoms with Crippen LogP contribution in [0, 0.1) is 6.92 Å². The van der Waals surface area contributed by atoms with Crippen molar-refractivity contribution in [3.05, 3.63) is 71.4 Å². The Kier molecular flexibility index (Phi) is 3.03. The van der Waals surface area contributed by atoms with Gasteiger partial charge in [0.15, 0.2) is 0 Å². The smallest absolute Gasteiger partial charge is 0.335 e. The number of carboxylic acid groups (broad SMARTS) is 1. The van der Waals surface area contributed by atoms with Gasteiger partial charge in [-0.2, -0.15) is 0 Å². The molecular weight excluding hydrogens is 250 g/mol. The van der Waals surface area contributed by atoms with Gasteiger partial charge in [0, 0.05) is 18.3 Å². The number of nitrogens with zero attached hydrogens (tertiary/aromatic N) is 1. The molecule has 0 spiro atoms. The summed E-state index contributed by atoms with van der Waals surface area (Å²) >= 11 is 0. The van der Waals surface area contributed by atoms with E-state index in [1.807, 2.05) is 18.3 Å². The summed E-state index contributed by atoms with van der Waals surface area (Å²) in [6.45, 7) is 2.81. The second-order valence-corrected chi connectivity index (χ2v) is 5.01. The van der Waals surface area contributed by atoms with E-state index in [1.54, 1.807) is 12.1 Å². The summed E-state index contributed by atoms with van der Waals surface area (Å²) in [5, 5.41) is 10.1. The minimum absolute atomic E-state index is 0.321. The lowest BCUT2D eigenvalue weighted by Crippen LogP contribution is -2.00. The number of aromatic nitrogens is 1. The molecule has 0 radical (unpaired) electrons. The number of benzene rings is 2. The Morgan fingerprint density at radius 3 is 2.55 bits per heavy atom. The average molecular weight is 265 g/mol. The lowest BCUT2D eigenvalue weighted by atomic mass is 10.1. The number of carboxylic acids is 1. The van der Waals surface area contributed by atoms with Crippen LogP contribution in [0.2, 0.25) is 0 Å². The molecule has 0 aliphatic heterocycles. The SMILES string of the molecule is Cc1ccc(Cn2ccc3ccc(C(=O)O)cc32)cc1. The molecule has 1 N–H and O–H groups in total. The molecule has 3 aromatic rings. The van der Waals surface area contributed by atoms with Crippen molar-refractivity contribution in [2.75, 3.05) is 0 Å². The van der Waals surface area contributed by atoms with Gasteiger partial charge in [0.2, 0.25) is 0 Å². The van der Waals surface area contributed by atoms with Gasteiger partial charge in [0.05, 0.1) is 5.56 Å². The third-order valence-electron chi connectivity index (χ3n) is 3.49. The molecule has 0 bridgehead atoms. The lowest BCUT2D eigenvalue weighted by molar-refractivity contribution is 0.0697. The van der Waals surface area contributed by atoms with Gasteiger partial charge in [-0.05, 0) is 36.1 Å². The monoisotopic (exact) mass is 265 g/mol. The molecule has 100 valence electrons. The van der Waals surface area contributed by atoms with Crippen LogP contribution in [-0.4, -0.2) is 15.6 Å². The van der Waals surface area contributed by atoms with Crippen LogP contribution in [0.25, 0.3) is 10.9 Å². The molecule has 0 aliphatic rings. The number of hydrogen-bond acceptors (Lipinski definition) is 1. The fourth-order valence-electron chi connectivity index (χ4n) is 2.35. The zero-order valence-electron chi connectivity index (χ0n) is 11.2. The van der Waals surface area contributed by atoms with Crippen LogP contribution >= 0.6 is 0 Å². The highest BCUT2D eigenvalue weighted by Crippen LogP contribution is 2.19. The molecule has 1 aromatic heterocycles. The van der Waals surface area contributed by atoms with Crippen LogP contribution in [0.1, 0.15) is 21.5 Å². The van der Waals surface area contributed by atoms with Crippen LogP contribution < -0.4 is 0 Å². The summed E-state index contributed by atoms with van der Waals surface area (Å²) in [5.41, 5.74) is 3.71. The van der Waals surface area contributed by atoms with Crippen molar-refractivity contribution in [2.24, 2.45) is 0 Å². The normalized spacial score (nSPS) is 10.8. The molecule has 1 heterocycles. The van der Waals surface area contributed by atoms with E-state index in [0.717, 1.165) is 17.4 Å². The predicted octanol–water partition coefficient (Wildman–Crippen LogP) is 3.70. The van der Waals surface area contributed by atoms with E-state index < -0.39 is 5.97 Å². The topological polar surface area (TPSA) is 42.2 Å². The van der Waals surface area contributed by atoms with E-state index in [1.165, 1.54) is 11.1 Å². The van der Waals surface area contributed by atoms with Gasteiger partial charge in [-0.1, -0.05) is 35.9 Å². The first-order valence-corrected chi connectivity index (χ1v) is 6.51. The van der Waals surface area contributed by atoms with E-state index >= 15 is 0 Å². The maximum atomic E-state index is 11.1. The minimum Gasteiger partial charge on any atom is -0.478 e. The Morgan fingerprint density at radius 1 is 1.10 bits per heavy atom. The molecule has 20 heavy (non-hydrogen) atoms. The van der Waals surface area contributed by atoms with E-state index in [-0.39, 0.29) is 0 Å². The predicted molar refractivity (Wildman–Crippen MR) is 79.2 cm³/mol. The summed E-state index contributed by atoms with van der Waals surface area (Å²) in [6.07, 6.45) is 2.00. The first kappa shape index (κ1) is 12.5. The molecular formula is C17H15NO2. The number of hydrogen-bond donors (Lipinski definition) is 1. The second-order valence-electron chi connectivity index (χ2n) is 5.01. The van der Waals surface area contributed by atoms with Crippen LogP contribution in [0.3, 0.4) is 0 Å². The second kappa shape index (κ2) is 4.85. The number of aromatic carboxylic acids is 1. The van der Waals surface area contributed by atoms with E-state index in [0.29, 0.717) is 5.56 Å². The number of aryl methyl sites for hydroxylation is 1. The maximum absolute atomic E-state index is 11.1. The molecule has 0 fully saturated rings. The highest BCUT2D eigenvalue weighted by Gasteiger charge is 2.07. The molecule has 3 rings (SSSR count). The summed E-state index contributed by atoms with van der Waals surface area (Å²) in [7, 11) is 0. The van der Waals surface area contributed by atoms with Crippen LogP contribution in [0.4, 0.5) is 0 Å². The summed E-state index contributed by atoms with van der Waals surface area (Å²) < 4.78 is 2.08. The molecule has 2 aromatic carbocycles. The Bertz CT molecular complexity index is 769. The highest BCUT2D eigenvalue weighted by molar-refractivity contribution is 5.93. The Morgan fingerprint density at radius 2 is 1.85 bits per heavy atom. The molecule has 3 heteroatoms. The maximum Gasteiger partial charge on any atom is 0.335 e. The number of fused-ring (bicyclic) bond motifs is 1. The first-order chi connectivity index (χ1) is 9.63. The van der Waals surface area contributed by atoms with Crippen molar-refractivity contribution >= 4 is 16.9 Å². The highest BCUT2D eigenvalue weighted by atomic mass is 16.4. The Balaban J connectivity index is 2.00. The van der Waals surface area contributed by atoms with Crippen molar-refractivity contribution < 1.29 is 9.90 Å². The third kappa shape index (κ3) is 2.30. The van der Waals surface area contributed by atoms with Crippen molar-refractivity contribution in [2.45, 2.75) is 13.5 Å². The fraction of sp³-hybridized carbons (Fsp3) is 0.118. The van der Waals surface area contributed by atoms with Crippen molar-refractivity contribution in [3.8, 4) is 0 Å². The quantitative estimate of drug-likeness (QED) is 0.784. The van der Waals surface area contributed by atoms with Gasteiger partial charge < -0.3 is 9.67 Å². The molecule has 0 saturated carbocycles. The summed E-state index contributed by atoms with van der Waals surface area (Å²) in [4.78, 5) is 11.1. The molecule has 0 aliphatic carbocycles. The number of rotatable bonds is 3. The van der Waals surface area contributed by atoms with Gasteiger partial charge in [0.1, 0.15) is 0 Å². The van der Waals surface area contributed by atoms with E-state index in [9.17, 15) is 4.79 Å². The molecule has 0 saturated heterocycles. The standard InChI is InChI=1S/C17H15NO2/c1-12-2-4-13(5-3-12)11-18-9-8-14-6-7-15(17(19)20)10-16(14)18/h2-10H,11H2,1H3,(H,19,20). The van der Waals surface area contributed by atoms with Crippen molar-refractivity contribution in [1.29, 1.82) is 0 Å².